The van der Waals surface area contributed by atoms with Crippen molar-refractivity contribution in [3.63, 3.8) is 0 Å². The largest absolute Gasteiger partial charge is 0.329 e. The van der Waals surface area contributed by atoms with Gasteiger partial charge in [-0.1, -0.05) is 48.0 Å². The maximum Gasteiger partial charge on any atom is 0.0337 e. The summed E-state index contributed by atoms with van der Waals surface area (Å²) < 4.78 is 1.19. The number of halogens is 1. The Hall–Kier alpha value is -0.380. The topological polar surface area (TPSA) is 29.3 Å². The number of likely N-dealkylation sites (N-methyl/N-ethyl adjacent to an activating group) is 1. The molecular formula is C17H27BrN2. The van der Waals surface area contributed by atoms with Crippen LogP contribution in [0.15, 0.2) is 28.7 Å². The highest BCUT2D eigenvalue weighted by Gasteiger charge is 2.39. The van der Waals surface area contributed by atoms with E-state index in [9.17, 15) is 0 Å². The maximum atomic E-state index is 6.20. The van der Waals surface area contributed by atoms with Crippen molar-refractivity contribution >= 4 is 15.9 Å². The average molecular weight is 339 g/mol. The molecule has 0 aliphatic heterocycles. The number of benzene rings is 1. The van der Waals surface area contributed by atoms with Crippen LogP contribution in [0.4, 0.5) is 0 Å². The molecule has 0 aromatic heterocycles. The van der Waals surface area contributed by atoms with E-state index in [2.05, 4.69) is 66.0 Å². The van der Waals surface area contributed by atoms with Crippen LogP contribution in [0.2, 0.25) is 0 Å². The van der Waals surface area contributed by atoms with Crippen molar-refractivity contribution in [1.29, 1.82) is 0 Å². The van der Waals surface area contributed by atoms with Gasteiger partial charge < -0.3 is 5.73 Å². The quantitative estimate of drug-likeness (QED) is 0.897. The van der Waals surface area contributed by atoms with Gasteiger partial charge in [-0.3, -0.25) is 4.90 Å². The van der Waals surface area contributed by atoms with Gasteiger partial charge in [-0.05, 0) is 49.8 Å². The summed E-state index contributed by atoms with van der Waals surface area (Å²) in [5.74, 6) is 1.54. The first-order valence-electron chi connectivity index (χ1n) is 7.61. The monoisotopic (exact) mass is 338 g/mol. The molecule has 0 saturated heterocycles. The summed E-state index contributed by atoms with van der Waals surface area (Å²) in [7, 11) is 2.23. The fourth-order valence-electron chi connectivity index (χ4n) is 3.92. The lowest BCUT2D eigenvalue weighted by atomic mass is 9.70. The van der Waals surface area contributed by atoms with Gasteiger partial charge in [0.05, 0.1) is 0 Å². The highest BCUT2D eigenvalue weighted by molar-refractivity contribution is 9.10. The molecule has 2 atom stereocenters. The lowest BCUT2D eigenvalue weighted by molar-refractivity contribution is 0.0332. The van der Waals surface area contributed by atoms with Crippen LogP contribution in [0.3, 0.4) is 0 Å². The third kappa shape index (κ3) is 3.44. The zero-order valence-corrected chi connectivity index (χ0v) is 14.5. The Balaban J connectivity index is 2.16. The first-order valence-corrected chi connectivity index (χ1v) is 8.41. The SMILES string of the molecule is CC1CC(C)CC(CN)(N(C)Cc2ccccc2Br)C1. The van der Waals surface area contributed by atoms with Crippen LogP contribution in [-0.2, 0) is 6.54 Å². The van der Waals surface area contributed by atoms with Gasteiger partial charge in [0.2, 0.25) is 0 Å². The number of hydrogen-bond donors (Lipinski definition) is 1. The van der Waals surface area contributed by atoms with E-state index in [1.54, 1.807) is 0 Å². The summed E-state index contributed by atoms with van der Waals surface area (Å²) in [5.41, 5.74) is 7.70. The van der Waals surface area contributed by atoms with Gasteiger partial charge >= 0.3 is 0 Å². The van der Waals surface area contributed by atoms with E-state index in [1.807, 2.05) is 0 Å². The van der Waals surface area contributed by atoms with Gasteiger partial charge in [-0.25, -0.2) is 0 Å². The summed E-state index contributed by atoms with van der Waals surface area (Å²) in [6.45, 7) is 6.44. The van der Waals surface area contributed by atoms with Gasteiger partial charge in [-0.2, -0.15) is 0 Å². The average Bonchev–Trinajstić information content (AvgIpc) is 2.40. The fourth-order valence-corrected chi connectivity index (χ4v) is 4.33. The van der Waals surface area contributed by atoms with Crippen molar-refractivity contribution in [3.8, 4) is 0 Å². The highest BCUT2D eigenvalue weighted by atomic mass is 79.9. The molecule has 2 N–H and O–H groups in total. The van der Waals surface area contributed by atoms with Gasteiger partial charge in [0.1, 0.15) is 0 Å². The van der Waals surface area contributed by atoms with E-state index in [0.29, 0.717) is 0 Å². The summed E-state index contributed by atoms with van der Waals surface area (Å²) in [5, 5.41) is 0. The van der Waals surface area contributed by atoms with Crippen LogP contribution in [0.25, 0.3) is 0 Å². The molecule has 1 aliphatic rings. The second-order valence-corrected chi connectivity index (χ2v) is 7.58. The molecule has 1 fully saturated rings. The first-order chi connectivity index (χ1) is 9.47. The molecule has 2 rings (SSSR count). The van der Waals surface area contributed by atoms with Crippen molar-refractivity contribution in [3.05, 3.63) is 34.3 Å². The molecule has 0 amide bonds. The summed E-state index contributed by atoms with van der Waals surface area (Å²) in [6.07, 6.45) is 3.77. The maximum absolute atomic E-state index is 6.20. The number of nitrogens with zero attached hydrogens (tertiary/aromatic N) is 1. The van der Waals surface area contributed by atoms with E-state index < -0.39 is 0 Å². The minimum atomic E-state index is 0.159. The Labute approximate surface area is 131 Å². The molecule has 0 radical (unpaired) electrons. The molecule has 3 heteroatoms. The third-order valence-electron chi connectivity index (χ3n) is 4.82. The van der Waals surface area contributed by atoms with E-state index in [1.165, 1.54) is 29.3 Å². The summed E-state index contributed by atoms with van der Waals surface area (Å²) in [4.78, 5) is 2.49. The Morgan fingerprint density at radius 2 is 1.85 bits per heavy atom. The Morgan fingerprint density at radius 3 is 2.40 bits per heavy atom. The molecule has 20 heavy (non-hydrogen) atoms. The minimum absolute atomic E-state index is 0.159. The summed E-state index contributed by atoms with van der Waals surface area (Å²) in [6, 6.07) is 8.48. The molecule has 1 aromatic rings. The lowest BCUT2D eigenvalue weighted by Crippen LogP contribution is -2.55. The smallest absolute Gasteiger partial charge is 0.0337 e. The molecule has 0 spiro atoms. The van der Waals surface area contributed by atoms with Crippen LogP contribution >= 0.6 is 15.9 Å². The Bertz CT molecular complexity index is 436. The van der Waals surface area contributed by atoms with Crippen LogP contribution < -0.4 is 5.73 Å². The molecule has 1 saturated carbocycles. The number of rotatable bonds is 4. The minimum Gasteiger partial charge on any atom is -0.329 e. The zero-order valence-electron chi connectivity index (χ0n) is 12.9. The lowest BCUT2D eigenvalue weighted by Gasteiger charge is -2.48. The van der Waals surface area contributed by atoms with Gasteiger partial charge in [0, 0.05) is 23.1 Å². The second kappa shape index (κ2) is 6.59. The van der Waals surface area contributed by atoms with Crippen LogP contribution in [-0.4, -0.2) is 24.0 Å². The fraction of sp³-hybridized carbons (Fsp3) is 0.647. The van der Waals surface area contributed by atoms with E-state index in [4.69, 9.17) is 5.73 Å². The van der Waals surface area contributed by atoms with E-state index in [-0.39, 0.29) is 5.54 Å². The van der Waals surface area contributed by atoms with Crippen molar-refractivity contribution in [2.24, 2.45) is 17.6 Å². The van der Waals surface area contributed by atoms with Crippen LogP contribution in [0.1, 0.15) is 38.7 Å². The Morgan fingerprint density at radius 1 is 1.25 bits per heavy atom. The molecule has 0 bridgehead atoms. The van der Waals surface area contributed by atoms with Gasteiger partial charge in [-0.15, -0.1) is 0 Å². The molecule has 2 nitrogen and oxygen atoms in total. The normalized spacial score (nSPS) is 30.7. The van der Waals surface area contributed by atoms with Crippen LogP contribution in [0.5, 0.6) is 0 Å². The number of hydrogen-bond acceptors (Lipinski definition) is 2. The van der Waals surface area contributed by atoms with E-state index >= 15 is 0 Å². The predicted octanol–water partition coefficient (Wildman–Crippen LogP) is 4.03. The first kappa shape index (κ1) is 16.0. The summed E-state index contributed by atoms with van der Waals surface area (Å²) >= 11 is 3.65. The van der Waals surface area contributed by atoms with Crippen molar-refractivity contribution in [1.82, 2.24) is 4.90 Å². The number of nitrogens with two attached hydrogens (primary N) is 1. The van der Waals surface area contributed by atoms with Crippen molar-refractivity contribution < 1.29 is 0 Å². The van der Waals surface area contributed by atoms with Gasteiger partial charge in [0.25, 0.3) is 0 Å². The van der Waals surface area contributed by atoms with E-state index in [0.717, 1.165) is 24.9 Å². The van der Waals surface area contributed by atoms with Crippen molar-refractivity contribution in [2.75, 3.05) is 13.6 Å². The second-order valence-electron chi connectivity index (χ2n) is 6.73. The molecule has 1 aromatic carbocycles. The van der Waals surface area contributed by atoms with Crippen molar-refractivity contribution in [2.45, 2.75) is 45.2 Å². The highest BCUT2D eigenvalue weighted by Crippen LogP contribution is 2.39. The molecule has 1 aliphatic carbocycles. The third-order valence-corrected chi connectivity index (χ3v) is 5.59. The molecule has 112 valence electrons. The van der Waals surface area contributed by atoms with Gasteiger partial charge in [0.15, 0.2) is 0 Å². The molecule has 2 unspecified atom stereocenters. The standard InChI is InChI=1S/C17H27BrN2/c1-13-8-14(2)10-17(9-13,12-19)20(3)11-15-6-4-5-7-16(15)18/h4-7,13-14H,8-12,19H2,1-3H3. The predicted molar refractivity (Wildman–Crippen MR) is 89.6 cm³/mol. The zero-order chi connectivity index (χ0) is 14.8. The molecular weight excluding hydrogens is 312 g/mol. The van der Waals surface area contributed by atoms with Crippen LogP contribution in [0, 0.1) is 11.8 Å². The molecule has 0 heterocycles. The Kier molecular flexibility index (Phi) is 5.27.